The molecular formula is C13H17BrFN7O3S. The van der Waals surface area contributed by atoms with Crippen molar-refractivity contribution in [3.8, 4) is 0 Å². The fraction of sp³-hybridized carbons (Fsp3) is 0.308. The molecule has 0 fully saturated rings. The third-order valence-electron chi connectivity index (χ3n) is 3.07. The van der Waals surface area contributed by atoms with Gasteiger partial charge in [0, 0.05) is 25.8 Å². The molecule has 0 atom stereocenters. The van der Waals surface area contributed by atoms with Crippen LogP contribution in [-0.4, -0.2) is 44.7 Å². The third kappa shape index (κ3) is 6.01. The number of benzene rings is 1. The van der Waals surface area contributed by atoms with E-state index in [1.54, 1.807) is 19.2 Å². The highest BCUT2D eigenvalue weighted by molar-refractivity contribution is 9.10. The van der Waals surface area contributed by atoms with Gasteiger partial charge in [0.25, 0.3) is 10.2 Å². The lowest BCUT2D eigenvalue weighted by molar-refractivity contribution is 0.308. The molecule has 1 heterocycles. The van der Waals surface area contributed by atoms with Crippen LogP contribution < -0.4 is 20.5 Å². The monoisotopic (exact) mass is 449 g/mol. The maximum absolute atomic E-state index is 13.3. The average Bonchev–Trinajstić information content (AvgIpc) is 3.03. The number of nitrogens with one attached hydrogen (secondary N) is 3. The standard InChI is InChI=1S/C13H17BrFN7O3S/c1-17-12(20-8-3-4-10(15)9(14)7-8)11-13(22-25-21-11)18-5-2-6-19-26(16,23)24/h3-4,7,19H,2,5-6H2,1H3,(H,17,20)(H,18,22)(H2,16,23,24). The van der Waals surface area contributed by atoms with Gasteiger partial charge in [0.2, 0.25) is 5.82 Å². The molecule has 2 rings (SSSR count). The van der Waals surface area contributed by atoms with Crippen molar-refractivity contribution in [3.05, 3.63) is 34.2 Å². The largest absolute Gasteiger partial charge is 0.365 e. The molecule has 10 nitrogen and oxygen atoms in total. The summed E-state index contributed by atoms with van der Waals surface area (Å²) < 4.78 is 42.1. The number of rotatable bonds is 8. The van der Waals surface area contributed by atoms with Gasteiger partial charge in [-0.2, -0.15) is 8.42 Å². The number of aliphatic imine (C=N–C) groups is 1. The zero-order valence-corrected chi connectivity index (χ0v) is 16.1. The minimum atomic E-state index is -3.71. The van der Waals surface area contributed by atoms with Crippen molar-refractivity contribution in [1.29, 1.82) is 0 Å². The molecule has 26 heavy (non-hydrogen) atoms. The van der Waals surface area contributed by atoms with E-state index in [2.05, 4.69) is 46.6 Å². The Kier molecular flexibility index (Phi) is 7.02. The zero-order chi connectivity index (χ0) is 19.2. The minimum absolute atomic E-state index is 0.170. The molecular weight excluding hydrogens is 433 g/mol. The number of nitrogens with zero attached hydrogens (tertiary/aromatic N) is 3. The van der Waals surface area contributed by atoms with Crippen LogP contribution in [0.2, 0.25) is 0 Å². The molecule has 0 aliphatic carbocycles. The second-order valence-corrected chi connectivity index (χ2v) is 7.24. The minimum Gasteiger partial charge on any atom is -0.365 e. The van der Waals surface area contributed by atoms with Gasteiger partial charge in [-0.3, -0.25) is 4.99 Å². The van der Waals surface area contributed by atoms with Crippen molar-refractivity contribution in [1.82, 2.24) is 15.0 Å². The predicted molar refractivity (Wildman–Crippen MR) is 98.7 cm³/mol. The Labute approximate surface area is 157 Å². The average molecular weight is 450 g/mol. The van der Waals surface area contributed by atoms with Crippen LogP contribution in [0.25, 0.3) is 0 Å². The van der Waals surface area contributed by atoms with Crippen LogP contribution in [-0.2, 0) is 10.2 Å². The number of hydrogen-bond acceptors (Lipinski definition) is 7. The number of nitrogens with two attached hydrogens (primary N) is 1. The van der Waals surface area contributed by atoms with Crippen LogP contribution in [0.3, 0.4) is 0 Å². The quantitative estimate of drug-likeness (QED) is 0.267. The summed E-state index contributed by atoms with van der Waals surface area (Å²) in [5.74, 6) is 0.300. The summed E-state index contributed by atoms with van der Waals surface area (Å²) in [6, 6.07) is 4.41. The Hall–Kier alpha value is -2.09. The summed E-state index contributed by atoms with van der Waals surface area (Å²) >= 11 is 3.11. The van der Waals surface area contributed by atoms with Crippen molar-refractivity contribution < 1.29 is 17.4 Å². The van der Waals surface area contributed by atoms with Crippen LogP contribution in [0.5, 0.6) is 0 Å². The first-order valence-corrected chi connectivity index (χ1v) is 9.67. The molecule has 142 valence electrons. The first-order valence-electron chi connectivity index (χ1n) is 7.33. The van der Waals surface area contributed by atoms with E-state index in [0.717, 1.165) is 0 Å². The molecule has 0 unspecified atom stereocenters. The molecule has 0 radical (unpaired) electrons. The Morgan fingerprint density at radius 2 is 2.15 bits per heavy atom. The summed E-state index contributed by atoms with van der Waals surface area (Å²) in [7, 11) is -2.16. The topological polar surface area (TPSA) is 148 Å². The fourth-order valence-electron chi connectivity index (χ4n) is 1.90. The second kappa shape index (κ2) is 9.02. The molecule has 0 bridgehead atoms. The lowest BCUT2D eigenvalue weighted by Gasteiger charge is -2.09. The normalized spacial score (nSPS) is 12.2. The number of halogens is 2. The van der Waals surface area contributed by atoms with Crippen LogP contribution >= 0.6 is 15.9 Å². The summed E-state index contributed by atoms with van der Waals surface area (Å²) in [4.78, 5) is 4.10. The number of hydrogen-bond donors (Lipinski definition) is 4. The van der Waals surface area contributed by atoms with E-state index < -0.39 is 10.2 Å². The van der Waals surface area contributed by atoms with Crippen molar-refractivity contribution in [3.63, 3.8) is 0 Å². The highest BCUT2D eigenvalue weighted by atomic mass is 79.9. The van der Waals surface area contributed by atoms with Crippen molar-refractivity contribution in [2.24, 2.45) is 10.1 Å². The van der Waals surface area contributed by atoms with E-state index in [-0.39, 0.29) is 12.4 Å². The Morgan fingerprint density at radius 1 is 1.38 bits per heavy atom. The lowest BCUT2D eigenvalue weighted by Crippen LogP contribution is -2.32. The van der Waals surface area contributed by atoms with Crippen LogP contribution in [0.1, 0.15) is 12.1 Å². The van der Waals surface area contributed by atoms with Gasteiger partial charge >= 0.3 is 0 Å². The Morgan fingerprint density at radius 3 is 2.81 bits per heavy atom. The first kappa shape index (κ1) is 20.2. The van der Waals surface area contributed by atoms with Gasteiger partial charge in [-0.25, -0.2) is 18.9 Å². The molecule has 0 spiro atoms. The highest BCUT2D eigenvalue weighted by Crippen LogP contribution is 2.21. The van der Waals surface area contributed by atoms with Gasteiger partial charge in [0.15, 0.2) is 11.5 Å². The summed E-state index contributed by atoms with van der Waals surface area (Å²) in [5.41, 5.74) is 0.914. The van der Waals surface area contributed by atoms with E-state index >= 15 is 0 Å². The smallest absolute Gasteiger partial charge is 0.274 e. The number of aromatic nitrogens is 2. The van der Waals surface area contributed by atoms with Gasteiger partial charge in [0.05, 0.1) is 4.47 Å². The maximum atomic E-state index is 13.3. The Balaban J connectivity index is 1.99. The highest BCUT2D eigenvalue weighted by Gasteiger charge is 2.16. The number of amidine groups is 1. The second-order valence-electron chi connectivity index (χ2n) is 5.01. The van der Waals surface area contributed by atoms with Crippen LogP contribution in [0.15, 0.2) is 32.3 Å². The van der Waals surface area contributed by atoms with E-state index in [4.69, 9.17) is 9.77 Å². The lowest BCUT2D eigenvalue weighted by atomic mass is 10.3. The van der Waals surface area contributed by atoms with E-state index in [1.807, 2.05) is 0 Å². The molecule has 1 aromatic carbocycles. The van der Waals surface area contributed by atoms with Crippen LogP contribution in [0, 0.1) is 5.82 Å². The van der Waals surface area contributed by atoms with Crippen molar-refractivity contribution >= 4 is 43.5 Å². The molecule has 0 aliphatic heterocycles. The SMILES string of the molecule is CN=C(Nc1ccc(F)c(Br)c1)c1nonc1NCCCNS(N)(=O)=O. The first-order chi connectivity index (χ1) is 12.3. The number of anilines is 2. The van der Waals surface area contributed by atoms with Gasteiger partial charge in [-0.1, -0.05) is 0 Å². The maximum Gasteiger partial charge on any atom is 0.274 e. The van der Waals surface area contributed by atoms with E-state index in [1.165, 1.54) is 6.07 Å². The summed E-state index contributed by atoms with van der Waals surface area (Å²) in [6.45, 7) is 0.561. The van der Waals surface area contributed by atoms with Gasteiger partial charge in [-0.05, 0) is 50.9 Å². The zero-order valence-electron chi connectivity index (χ0n) is 13.7. The summed E-state index contributed by atoms with van der Waals surface area (Å²) in [6.07, 6.45) is 0.458. The fourth-order valence-corrected chi connectivity index (χ4v) is 2.71. The molecule has 2 aromatic rings. The molecule has 0 amide bonds. The third-order valence-corrected chi connectivity index (χ3v) is 4.28. The van der Waals surface area contributed by atoms with Crippen molar-refractivity contribution in [2.75, 3.05) is 30.8 Å². The molecule has 13 heteroatoms. The molecule has 1 aromatic heterocycles. The van der Waals surface area contributed by atoms with E-state index in [9.17, 15) is 12.8 Å². The van der Waals surface area contributed by atoms with Gasteiger partial charge in [-0.15, -0.1) is 0 Å². The molecule has 0 saturated carbocycles. The van der Waals surface area contributed by atoms with Crippen LogP contribution in [0.4, 0.5) is 15.9 Å². The molecule has 5 N–H and O–H groups in total. The molecule has 0 saturated heterocycles. The van der Waals surface area contributed by atoms with Gasteiger partial charge < -0.3 is 10.6 Å². The van der Waals surface area contributed by atoms with E-state index in [0.29, 0.717) is 40.5 Å². The van der Waals surface area contributed by atoms with Gasteiger partial charge in [0.1, 0.15) is 5.82 Å². The van der Waals surface area contributed by atoms with Crippen molar-refractivity contribution in [2.45, 2.75) is 6.42 Å². The Bertz CT molecular complexity index is 888. The molecule has 0 aliphatic rings. The predicted octanol–water partition coefficient (Wildman–Crippen LogP) is 1.05. The summed E-state index contributed by atoms with van der Waals surface area (Å²) in [5, 5.41) is 18.4.